The number of pyridine rings is 1. The highest BCUT2D eigenvalue weighted by Crippen LogP contribution is 2.24. The number of nitrogens with zero attached hydrogens (tertiary/aromatic N) is 3. The second kappa shape index (κ2) is 7.71. The summed E-state index contributed by atoms with van der Waals surface area (Å²) in [7, 11) is 1.52. The van der Waals surface area contributed by atoms with Gasteiger partial charge in [-0.2, -0.15) is 5.10 Å². The number of carbonyl (C=O) groups excluding carboxylic acids is 1. The lowest BCUT2D eigenvalue weighted by atomic mass is 10.1. The number of amides is 1. The summed E-state index contributed by atoms with van der Waals surface area (Å²) in [5.41, 5.74) is 3.48. The number of benzene rings is 2. The molecular weight excluding hydrogens is 371 g/mol. The fourth-order valence-electron chi connectivity index (χ4n) is 3.12. The molecule has 2 heterocycles. The van der Waals surface area contributed by atoms with Crippen molar-refractivity contribution in [1.29, 1.82) is 0 Å². The fourth-order valence-corrected chi connectivity index (χ4v) is 3.12. The van der Waals surface area contributed by atoms with E-state index in [2.05, 4.69) is 15.4 Å². The molecular formula is C22H19FN4O2. The van der Waals surface area contributed by atoms with Crippen LogP contribution in [0.2, 0.25) is 0 Å². The van der Waals surface area contributed by atoms with Gasteiger partial charge in [-0.25, -0.2) is 9.37 Å². The third kappa shape index (κ3) is 3.80. The summed E-state index contributed by atoms with van der Waals surface area (Å²) in [5.74, 6) is -0.178. The van der Waals surface area contributed by atoms with Gasteiger partial charge in [0.1, 0.15) is 5.82 Å². The summed E-state index contributed by atoms with van der Waals surface area (Å²) in [4.78, 5) is 17.4. The molecule has 0 aliphatic heterocycles. The van der Waals surface area contributed by atoms with Crippen molar-refractivity contribution in [3.05, 3.63) is 83.4 Å². The zero-order valence-electron chi connectivity index (χ0n) is 16.0. The molecule has 0 saturated heterocycles. The van der Waals surface area contributed by atoms with Gasteiger partial charge in [0.15, 0.2) is 0 Å². The second-order valence-electron chi connectivity index (χ2n) is 6.61. The largest absolute Gasteiger partial charge is 0.481 e. The smallest absolute Gasteiger partial charge is 0.256 e. The van der Waals surface area contributed by atoms with Gasteiger partial charge >= 0.3 is 0 Å². The van der Waals surface area contributed by atoms with E-state index in [4.69, 9.17) is 4.74 Å². The van der Waals surface area contributed by atoms with E-state index in [0.29, 0.717) is 29.2 Å². The van der Waals surface area contributed by atoms with Gasteiger partial charge in [-0.1, -0.05) is 30.3 Å². The monoisotopic (exact) mass is 390 g/mol. The number of methoxy groups -OCH3 is 1. The van der Waals surface area contributed by atoms with Crippen LogP contribution in [0.4, 0.5) is 10.1 Å². The molecule has 4 rings (SSSR count). The molecule has 1 amide bonds. The Balaban J connectivity index is 1.60. The molecule has 2 aromatic carbocycles. The molecule has 0 bridgehead atoms. The average molecular weight is 390 g/mol. The normalized spacial score (nSPS) is 10.9. The fraction of sp³-hybridized carbons (Fsp3) is 0.136. The predicted molar refractivity (Wildman–Crippen MR) is 109 cm³/mol. The molecule has 0 saturated carbocycles. The van der Waals surface area contributed by atoms with Crippen molar-refractivity contribution in [3.8, 4) is 5.88 Å². The van der Waals surface area contributed by atoms with E-state index in [9.17, 15) is 9.18 Å². The molecule has 0 fully saturated rings. The molecule has 4 aromatic rings. The summed E-state index contributed by atoms with van der Waals surface area (Å²) >= 11 is 0. The molecule has 6 nitrogen and oxygen atoms in total. The molecule has 0 aliphatic rings. The molecule has 0 atom stereocenters. The zero-order valence-corrected chi connectivity index (χ0v) is 16.0. The van der Waals surface area contributed by atoms with E-state index in [1.54, 1.807) is 29.1 Å². The minimum atomic E-state index is -0.279. The number of anilines is 1. The van der Waals surface area contributed by atoms with Gasteiger partial charge in [-0.15, -0.1) is 0 Å². The lowest BCUT2D eigenvalue weighted by Gasteiger charge is -2.10. The van der Waals surface area contributed by atoms with Crippen LogP contribution >= 0.6 is 0 Å². The van der Waals surface area contributed by atoms with E-state index in [0.717, 1.165) is 16.6 Å². The molecule has 2 aromatic heterocycles. The van der Waals surface area contributed by atoms with Crippen LogP contribution in [0, 0.1) is 12.7 Å². The van der Waals surface area contributed by atoms with Gasteiger partial charge < -0.3 is 10.1 Å². The zero-order chi connectivity index (χ0) is 20.4. The average Bonchev–Trinajstić information content (AvgIpc) is 3.08. The van der Waals surface area contributed by atoms with Crippen LogP contribution in [0.1, 0.15) is 21.6 Å². The summed E-state index contributed by atoms with van der Waals surface area (Å²) < 4.78 is 20.1. The van der Waals surface area contributed by atoms with E-state index < -0.39 is 0 Å². The lowest BCUT2D eigenvalue weighted by Crippen LogP contribution is -2.14. The predicted octanol–water partition coefficient (Wildman–Crippen LogP) is 4.19. The van der Waals surface area contributed by atoms with E-state index in [1.165, 1.54) is 19.2 Å². The number of ether oxygens (including phenoxy) is 1. The highest BCUT2D eigenvalue weighted by Gasteiger charge is 2.16. The first-order chi connectivity index (χ1) is 14.0. The quantitative estimate of drug-likeness (QED) is 0.555. The standard InChI is InChI=1S/C22H19FN4O2/c1-14-20(12-24-27(14)13-15-7-9-16(23)10-8-15)26-22(28)18-11-21(29-2)25-19-6-4-3-5-17(18)19/h3-12H,13H2,1-2H3,(H,26,28). The molecule has 0 aliphatic carbocycles. The molecule has 0 spiro atoms. The highest BCUT2D eigenvalue weighted by molar-refractivity contribution is 6.12. The van der Waals surface area contributed by atoms with Gasteiger partial charge in [-0.05, 0) is 30.7 Å². The molecule has 29 heavy (non-hydrogen) atoms. The molecule has 146 valence electrons. The van der Waals surface area contributed by atoms with Crippen LogP contribution in [0.5, 0.6) is 5.88 Å². The Morgan fingerprint density at radius 3 is 2.69 bits per heavy atom. The lowest BCUT2D eigenvalue weighted by molar-refractivity contribution is 0.102. The topological polar surface area (TPSA) is 69.0 Å². The van der Waals surface area contributed by atoms with Crippen molar-refractivity contribution in [1.82, 2.24) is 14.8 Å². The van der Waals surface area contributed by atoms with Crippen molar-refractivity contribution in [3.63, 3.8) is 0 Å². The molecule has 7 heteroatoms. The summed E-state index contributed by atoms with van der Waals surface area (Å²) in [6, 6.07) is 15.3. The molecule has 1 N–H and O–H groups in total. The van der Waals surface area contributed by atoms with Crippen molar-refractivity contribution in [2.75, 3.05) is 12.4 Å². The van der Waals surface area contributed by atoms with Gasteiger partial charge in [-0.3, -0.25) is 9.48 Å². The minimum Gasteiger partial charge on any atom is -0.481 e. The van der Waals surface area contributed by atoms with Crippen molar-refractivity contribution in [2.24, 2.45) is 0 Å². The first kappa shape index (κ1) is 18.6. The van der Waals surface area contributed by atoms with Gasteiger partial charge in [0, 0.05) is 11.5 Å². The Morgan fingerprint density at radius 1 is 1.17 bits per heavy atom. The first-order valence-electron chi connectivity index (χ1n) is 9.07. The number of halogens is 1. The number of hydrogen-bond acceptors (Lipinski definition) is 4. The maximum Gasteiger partial charge on any atom is 0.256 e. The third-order valence-electron chi connectivity index (χ3n) is 4.74. The van der Waals surface area contributed by atoms with Crippen LogP contribution in [0.3, 0.4) is 0 Å². The Morgan fingerprint density at radius 2 is 1.93 bits per heavy atom. The minimum absolute atomic E-state index is 0.272. The number of nitrogens with one attached hydrogen (secondary N) is 1. The van der Waals surface area contributed by atoms with E-state index in [1.807, 2.05) is 31.2 Å². The van der Waals surface area contributed by atoms with Crippen LogP contribution in [-0.2, 0) is 6.54 Å². The number of rotatable bonds is 5. The van der Waals surface area contributed by atoms with Gasteiger partial charge in [0.2, 0.25) is 5.88 Å². The number of aromatic nitrogens is 3. The van der Waals surface area contributed by atoms with Crippen LogP contribution < -0.4 is 10.1 Å². The van der Waals surface area contributed by atoms with E-state index in [-0.39, 0.29) is 11.7 Å². The first-order valence-corrected chi connectivity index (χ1v) is 9.07. The Bertz CT molecular complexity index is 1190. The summed E-state index contributed by atoms with van der Waals surface area (Å²) in [6.45, 7) is 2.35. The Kier molecular flexibility index (Phi) is 4.95. The maximum absolute atomic E-state index is 13.1. The van der Waals surface area contributed by atoms with Crippen LogP contribution in [0.15, 0.2) is 60.8 Å². The van der Waals surface area contributed by atoms with Crippen LogP contribution in [0.25, 0.3) is 10.9 Å². The third-order valence-corrected chi connectivity index (χ3v) is 4.74. The SMILES string of the molecule is COc1cc(C(=O)Nc2cnn(Cc3ccc(F)cc3)c2C)c2ccccc2n1. The number of hydrogen-bond donors (Lipinski definition) is 1. The second-order valence-corrected chi connectivity index (χ2v) is 6.61. The Hall–Kier alpha value is -3.74. The number of para-hydroxylation sites is 1. The van der Waals surface area contributed by atoms with Crippen molar-refractivity contribution in [2.45, 2.75) is 13.5 Å². The molecule has 0 unspecified atom stereocenters. The number of fused-ring (bicyclic) bond motifs is 1. The van der Waals surface area contributed by atoms with Gasteiger partial charge in [0.05, 0.1) is 42.3 Å². The van der Waals surface area contributed by atoms with E-state index >= 15 is 0 Å². The maximum atomic E-state index is 13.1. The summed E-state index contributed by atoms with van der Waals surface area (Å²) in [5, 5.41) is 8.01. The summed E-state index contributed by atoms with van der Waals surface area (Å²) in [6.07, 6.45) is 1.61. The van der Waals surface area contributed by atoms with Crippen LogP contribution in [-0.4, -0.2) is 27.8 Å². The molecule has 0 radical (unpaired) electrons. The van der Waals surface area contributed by atoms with Crippen molar-refractivity contribution < 1.29 is 13.9 Å². The highest BCUT2D eigenvalue weighted by atomic mass is 19.1. The Labute approximate surface area is 167 Å². The number of carbonyl (C=O) groups is 1. The van der Waals surface area contributed by atoms with Crippen molar-refractivity contribution >= 4 is 22.5 Å². The van der Waals surface area contributed by atoms with Gasteiger partial charge in [0.25, 0.3) is 5.91 Å².